The molecule has 2 aromatic heterocycles. The fourth-order valence-corrected chi connectivity index (χ4v) is 3.92. The number of fused-ring (bicyclic) bond motifs is 2. The van der Waals surface area contributed by atoms with E-state index in [4.69, 9.17) is 10.5 Å². The highest BCUT2D eigenvalue weighted by Crippen LogP contribution is 2.32. The minimum atomic E-state index is -0.0912. The molecule has 4 heterocycles. The molecule has 138 valence electrons. The normalized spacial score (nSPS) is 22.0. The van der Waals surface area contributed by atoms with Crippen LogP contribution in [0.4, 0.5) is 5.95 Å². The number of nitrogens with two attached hydrogens (primary N) is 1. The van der Waals surface area contributed by atoms with Crippen LogP contribution in [0.25, 0.3) is 0 Å². The highest BCUT2D eigenvalue weighted by molar-refractivity contribution is 5.94. The fraction of sp³-hybridized carbons (Fsp3) is 0.556. The largest absolute Gasteiger partial charge is 0.369 e. The van der Waals surface area contributed by atoms with Crippen molar-refractivity contribution < 1.29 is 9.53 Å². The van der Waals surface area contributed by atoms with Gasteiger partial charge >= 0.3 is 0 Å². The van der Waals surface area contributed by atoms with Gasteiger partial charge in [-0.2, -0.15) is 5.10 Å². The maximum Gasteiger partial charge on any atom is 0.272 e. The monoisotopic (exact) mass is 356 g/mol. The summed E-state index contributed by atoms with van der Waals surface area (Å²) in [6.07, 6.45) is 3.11. The third-order valence-corrected chi connectivity index (χ3v) is 5.14. The second-order valence-electron chi connectivity index (χ2n) is 7.00. The summed E-state index contributed by atoms with van der Waals surface area (Å²) in [4.78, 5) is 23.6. The van der Waals surface area contributed by atoms with E-state index in [2.05, 4.69) is 15.1 Å². The van der Waals surface area contributed by atoms with E-state index in [-0.39, 0.29) is 24.1 Å². The highest BCUT2D eigenvalue weighted by atomic mass is 16.5. The van der Waals surface area contributed by atoms with Crippen molar-refractivity contribution in [2.24, 2.45) is 0 Å². The lowest BCUT2D eigenvalue weighted by molar-refractivity contribution is -0.00716. The predicted octanol–water partition coefficient (Wildman–Crippen LogP) is 1.50. The Bertz CT molecular complexity index is 862. The SMILES string of the molecule is CCn1nc2c(c1C(=O)N1CCc3nc(N)ncc3C1)C[C@H](C)O[C@@H]2C. The van der Waals surface area contributed by atoms with Gasteiger partial charge < -0.3 is 15.4 Å². The van der Waals surface area contributed by atoms with Gasteiger partial charge in [0.15, 0.2) is 0 Å². The number of rotatable bonds is 2. The van der Waals surface area contributed by atoms with Crippen LogP contribution in [0.2, 0.25) is 0 Å². The van der Waals surface area contributed by atoms with Gasteiger partial charge in [0.25, 0.3) is 5.91 Å². The van der Waals surface area contributed by atoms with Crippen molar-refractivity contribution in [3.05, 3.63) is 34.4 Å². The van der Waals surface area contributed by atoms with E-state index in [0.29, 0.717) is 38.2 Å². The summed E-state index contributed by atoms with van der Waals surface area (Å²) >= 11 is 0. The van der Waals surface area contributed by atoms with Gasteiger partial charge in [0.05, 0.1) is 23.6 Å². The Hall–Kier alpha value is -2.48. The minimum absolute atomic E-state index is 0.0179. The van der Waals surface area contributed by atoms with Crippen LogP contribution in [0.3, 0.4) is 0 Å². The number of amides is 1. The van der Waals surface area contributed by atoms with Gasteiger partial charge in [-0.05, 0) is 20.8 Å². The quantitative estimate of drug-likeness (QED) is 0.875. The molecule has 4 rings (SSSR count). The smallest absolute Gasteiger partial charge is 0.272 e. The molecular weight excluding hydrogens is 332 g/mol. The van der Waals surface area contributed by atoms with Crippen LogP contribution in [-0.2, 0) is 30.7 Å². The summed E-state index contributed by atoms with van der Waals surface area (Å²) < 4.78 is 7.70. The molecule has 26 heavy (non-hydrogen) atoms. The van der Waals surface area contributed by atoms with Gasteiger partial charge in [0.1, 0.15) is 5.69 Å². The van der Waals surface area contributed by atoms with E-state index in [1.807, 2.05) is 30.4 Å². The number of anilines is 1. The topological polar surface area (TPSA) is 99.2 Å². The molecule has 0 radical (unpaired) electrons. The van der Waals surface area contributed by atoms with Gasteiger partial charge in [-0.3, -0.25) is 9.48 Å². The number of aryl methyl sites for hydroxylation is 1. The van der Waals surface area contributed by atoms with Gasteiger partial charge in [0.2, 0.25) is 5.95 Å². The summed E-state index contributed by atoms with van der Waals surface area (Å²) in [7, 11) is 0. The van der Waals surface area contributed by atoms with Gasteiger partial charge in [-0.15, -0.1) is 0 Å². The molecule has 2 N–H and O–H groups in total. The molecule has 0 fully saturated rings. The summed E-state index contributed by atoms with van der Waals surface area (Å²) in [6, 6.07) is 0. The summed E-state index contributed by atoms with van der Waals surface area (Å²) in [5.74, 6) is 0.300. The van der Waals surface area contributed by atoms with Crippen molar-refractivity contribution >= 4 is 11.9 Å². The molecule has 1 amide bonds. The average molecular weight is 356 g/mol. The van der Waals surface area contributed by atoms with Crippen molar-refractivity contribution in [3.8, 4) is 0 Å². The van der Waals surface area contributed by atoms with Crippen LogP contribution in [0.15, 0.2) is 6.20 Å². The Balaban J connectivity index is 1.68. The van der Waals surface area contributed by atoms with E-state index >= 15 is 0 Å². The minimum Gasteiger partial charge on any atom is -0.369 e. The first-order chi connectivity index (χ1) is 12.5. The summed E-state index contributed by atoms with van der Waals surface area (Å²) in [5, 5.41) is 4.66. The molecule has 2 aliphatic rings. The zero-order chi connectivity index (χ0) is 18.4. The van der Waals surface area contributed by atoms with Gasteiger partial charge in [0, 0.05) is 49.8 Å². The zero-order valence-corrected chi connectivity index (χ0v) is 15.4. The molecule has 8 nitrogen and oxygen atoms in total. The lowest BCUT2D eigenvalue weighted by Crippen LogP contribution is -2.38. The third kappa shape index (κ3) is 2.74. The van der Waals surface area contributed by atoms with Crippen LogP contribution in [-0.4, -0.2) is 43.2 Å². The molecule has 0 unspecified atom stereocenters. The number of nitrogen functional groups attached to an aromatic ring is 1. The molecule has 0 saturated heterocycles. The molecule has 0 saturated carbocycles. The van der Waals surface area contributed by atoms with Crippen molar-refractivity contribution in [1.29, 1.82) is 0 Å². The first-order valence-corrected chi connectivity index (χ1v) is 9.12. The van der Waals surface area contributed by atoms with Crippen LogP contribution in [0, 0.1) is 0 Å². The van der Waals surface area contributed by atoms with Crippen LogP contribution in [0.5, 0.6) is 0 Å². The van der Waals surface area contributed by atoms with E-state index in [9.17, 15) is 4.79 Å². The maximum absolute atomic E-state index is 13.4. The first kappa shape index (κ1) is 17.0. The molecule has 2 aliphatic heterocycles. The highest BCUT2D eigenvalue weighted by Gasteiger charge is 2.34. The molecule has 0 aliphatic carbocycles. The molecule has 0 aromatic carbocycles. The van der Waals surface area contributed by atoms with E-state index in [1.165, 1.54) is 0 Å². The molecular formula is C18H24N6O2. The van der Waals surface area contributed by atoms with Crippen molar-refractivity contribution in [2.45, 2.75) is 58.9 Å². The Morgan fingerprint density at radius 2 is 2.23 bits per heavy atom. The van der Waals surface area contributed by atoms with E-state index < -0.39 is 0 Å². The fourth-order valence-electron chi connectivity index (χ4n) is 3.92. The first-order valence-electron chi connectivity index (χ1n) is 9.12. The maximum atomic E-state index is 13.4. The van der Waals surface area contributed by atoms with Crippen molar-refractivity contribution in [1.82, 2.24) is 24.6 Å². The number of hydrogen-bond donors (Lipinski definition) is 1. The standard InChI is InChI=1S/C18H24N6O2/c1-4-24-16(13-7-10(2)26-11(3)15(13)22-24)17(25)23-6-5-14-12(9-23)8-20-18(19)21-14/h8,10-11H,4-7,9H2,1-3H3,(H2,19,20,21)/t10-,11+/m0/s1. The number of ether oxygens (including phenoxy) is 1. The second kappa shape index (κ2) is 6.35. The van der Waals surface area contributed by atoms with E-state index in [0.717, 1.165) is 22.5 Å². The second-order valence-corrected chi connectivity index (χ2v) is 7.00. The zero-order valence-electron chi connectivity index (χ0n) is 15.4. The predicted molar refractivity (Wildman–Crippen MR) is 95.5 cm³/mol. The Morgan fingerprint density at radius 3 is 3.00 bits per heavy atom. The van der Waals surface area contributed by atoms with Crippen molar-refractivity contribution in [2.75, 3.05) is 12.3 Å². The van der Waals surface area contributed by atoms with Crippen LogP contribution >= 0.6 is 0 Å². The number of nitrogens with zero attached hydrogens (tertiary/aromatic N) is 5. The molecule has 0 bridgehead atoms. The molecule has 8 heteroatoms. The van der Waals surface area contributed by atoms with Crippen molar-refractivity contribution in [3.63, 3.8) is 0 Å². The lowest BCUT2D eigenvalue weighted by Gasteiger charge is -2.29. The number of hydrogen-bond acceptors (Lipinski definition) is 6. The number of carbonyl (C=O) groups excluding carboxylic acids is 1. The molecule has 0 spiro atoms. The lowest BCUT2D eigenvalue weighted by atomic mass is 9.98. The number of carbonyl (C=O) groups is 1. The van der Waals surface area contributed by atoms with Crippen LogP contribution in [0.1, 0.15) is 59.9 Å². The summed E-state index contributed by atoms with van der Waals surface area (Å²) in [5.41, 5.74) is 10.2. The average Bonchev–Trinajstić information content (AvgIpc) is 2.99. The Morgan fingerprint density at radius 1 is 1.42 bits per heavy atom. The van der Waals surface area contributed by atoms with Gasteiger partial charge in [-0.25, -0.2) is 9.97 Å². The van der Waals surface area contributed by atoms with Crippen LogP contribution < -0.4 is 5.73 Å². The summed E-state index contributed by atoms with van der Waals surface area (Å²) in [6.45, 7) is 7.81. The molecule has 2 aromatic rings. The molecule has 2 atom stereocenters. The van der Waals surface area contributed by atoms with E-state index in [1.54, 1.807) is 6.20 Å². The van der Waals surface area contributed by atoms with Gasteiger partial charge in [-0.1, -0.05) is 0 Å². The number of aromatic nitrogens is 4. The third-order valence-electron chi connectivity index (χ3n) is 5.14. The Kier molecular flexibility index (Phi) is 4.14. The Labute approximate surface area is 152 Å².